The molecular formula is C15H19N3O3. The Hall–Kier alpha value is -2.37. The van der Waals surface area contributed by atoms with Crippen molar-refractivity contribution in [2.75, 3.05) is 6.61 Å². The molecule has 3 amide bonds. The van der Waals surface area contributed by atoms with E-state index in [9.17, 15) is 9.59 Å². The molecule has 1 aliphatic rings. The lowest BCUT2D eigenvalue weighted by atomic mass is 10.00. The molecule has 1 aromatic rings. The molecule has 1 N–H and O–H groups in total. The van der Waals surface area contributed by atoms with Crippen molar-refractivity contribution in [3.05, 3.63) is 29.8 Å². The number of hydrogen-bond acceptors (Lipinski definition) is 4. The van der Waals surface area contributed by atoms with E-state index in [0.29, 0.717) is 13.0 Å². The van der Waals surface area contributed by atoms with E-state index in [1.165, 1.54) is 6.21 Å². The number of hydrazone groups is 1. The van der Waals surface area contributed by atoms with Gasteiger partial charge in [0.15, 0.2) is 0 Å². The molecule has 0 spiro atoms. The lowest BCUT2D eigenvalue weighted by Crippen LogP contribution is -2.42. The van der Waals surface area contributed by atoms with Crippen LogP contribution in [0.3, 0.4) is 0 Å². The van der Waals surface area contributed by atoms with Crippen LogP contribution in [0.15, 0.2) is 29.4 Å². The fraction of sp³-hybridized carbons (Fsp3) is 0.400. The van der Waals surface area contributed by atoms with Gasteiger partial charge in [0.2, 0.25) is 0 Å². The number of benzene rings is 1. The first kappa shape index (κ1) is 15.0. The third-order valence-corrected chi connectivity index (χ3v) is 3.46. The summed E-state index contributed by atoms with van der Waals surface area (Å²) >= 11 is 0. The molecule has 1 heterocycles. The highest BCUT2D eigenvalue weighted by Crippen LogP contribution is 2.21. The standard InChI is InChI=1S/C15H19N3O3/c1-4-15(3)13(19)18(14(20)17-15)16-10-11-6-8-12(9-7-11)21-5-2/h6-10H,4-5H2,1-3H3,(H,17,20)/b16-10-/t15-/m1/s1. The lowest BCUT2D eigenvalue weighted by molar-refractivity contribution is -0.130. The molecule has 6 nitrogen and oxygen atoms in total. The molecular weight excluding hydrogens is 270 g/mol. The Balaban J connectivity index is 2.10. The third kappa shape index (κ3) is 3.04. The number of rotatable bonds is 5. The summed E-state index contributed by atoms with van der Waals surface area (Å²) < 4.78 is 5.34. The van der Waals surface area contributed by atoms with E-state index in [4.69, 9.17) is 4.74 Å². The van der Waals surface area contributed by atoms with E-state index in [2.05, 4.69) is 10.4 Å². The zero-order chi connectivity index (χ0) is 15.5. The number of imide groups is 1. The molecule has 0 aromatic heterocycles. The van der Waals surface area contributed by atoms with E-state index in [1.54, 1.807) is 6.92 Å². The molecule has 1 aliphatic heterocycles. The summed E-state index contributed by atoms with van der Waals surface area (Å²) in [6, 6.07) is 6.75. The van der Waals surface area contributed by atoms with Crippen LogP contribution in [-0.2, 0) is 4.79 Å². The van der Waals surface area contributed by atoms with Crippen molar-refractivity contribution in [1.82, 2.24) is 10.3 Å². The average Bonchev–Trinajstić information content (AvgIpc) is 2.70. The van der Waals surface area contributed by atoms with Crippen LogP contribution in [0.2, 0.25) is 0 Å². The molecule has 1 aromatic carbocycles. The molecule has 0 saturated carbocycles. The molecule has 112 valence electrons. The van der Waals surface area contributed by atoms with Gasteiger partial charge in [0.1, 0.15) is 11.3 Å². The Morgan fingerprint density at radius 3 is 2.48 bits per heavy atom. The van der Waals surface area contributed by atoms with Crippen LogP contribution >= 0.6 is 0 Å². The summed E-state index contributed by atoms with van der Waals surface area (Å²) in [4.78, 5) is 23.9. The largest absolute Gasteiger partial charge is 0.494 e. The van der Waals surface area contributed by atoms with Crippen LogP contribution in [-0.4, -0.2) is 35.3 Å². The first-order valence-corrected chi connectivity index (χ1v) is 6.93. The summed E-state index contributed by atoms with van der Waals surface area (Å²) in [5, 5.41) is 7.50. The van der Waals surface area contributed by atoms with Crippen molar-refractivity contribution in [2.45, 2.75) is 32.7 Å². The zero-order valence-corrected chi connectivity index (χ0v) is 12.4. The van der Waals surface area contributed by atoms with Crippen molar-refractivity contribution >= 4 is 18.2 Å². The van der Waals surface area contributed by atoms with Crippen molar-refractivity contribution in [1.29, 1.82) is 0 Å². The Bertz CT molecular complexity index is 568. The smallest absolute Gasteiger partial charge is 0.346 e. The minimum absolute atomic E-state index is 0.336. The topological polar surface area (TPSA) is 71.0 Å². The van der Waals surface area contributed by atoms with Gasteiger partial charge in [-0.15, -0.1) is 5.01 Å². The summed E-state index contributed by atoms with van der Waals surface area (Å²) in [7, 11) is 0. The van der Waals surface area contributed by atoms with Crippen LogP contribution < -0.4 is 10.1 Å². The highest BCUT2D eigenvalue weighted by atomic mass is 16.5. The molecule has 1 saturated heterocycles. The molecule has 0 radical (unpaired) electrons. The van der Waals surface area contributed by atoms with Gasteiger partial charge in [-0.3, -0.25) is 4.79 Å². The first-order chi connectivity index (χ1) is 10.00. The van der Waals surface area contributed by atoms with E-state index < -0.39 is 11.6 Å². The number of carbonyl (C=O) groups is 2. The van der Waals surface area contributed by atoms with Crippen LogP contribution in [0.25, 0.3) is 0 Å². The Kier molecular flexibility index (Phi) is 4.26. The number of nitrogens with zero attached hydrogens (tertiary/aromatic N) is 2. The molecule has 1 atom stereocenters. The Labute approximate surface area is 123 Å². The molecule has 1 fully saturated rings. The quantitative estimate of drug-likeness (QED) is 0.667. The van der Waals surface area contributed by atoms with Gasteiger partial charge in [-0.2, -0.15) is 5.10 Å². The second-order valence-corrected chi connectivity index (χ2v) is 4.98. The zero-order valence-electron chi connectivity index (χ0n) is 12.4. The minimum Gasteiger partial charge on any atom is -0.494 e. The second-order valence-electron chi connectivity index (χ2n) is 4.98. The molecule has 21 heavy (non-hydrogen) atoms. The monoisotopic (exact) mass is 289 g/mol. The van der Waals surface area contributed by atoms with Crippen molar-refractivity contribution in [2.24, 2.45) is 5.10 Å². The summed E-state index contributed by atoms with van der Waals surface area (Å²) in [6.45, 7) is 6.06. The number of amides is 3. The fourth-order valence-corrected chi connectivity index (χ4v) is 1.95. The highest BCUT2D eigenvalue weighted by molar-refractivity contribution is 6.07. The normalized spacial score (nSPS) is 22.0. The predicted octanol–water partition coefficient (Wildman–Crippen LogP) is 2.14. The number of nitrogens with one attached hydrogen (secondary N) is 1. The lowest BCUT2D eigenvalue weighted by Gasteiger charge is -2.17. The molecule has 0 aliphatic carbocycles. The third-order valence-electron chi connectivity index (χ3n) is 3.46. The molecule has 0 bridgehead atoms. The van der Waals surface area contributed by atoms with Crippen molar-refractivity contribution in [3.8, 4) is 5.75 Å². The van der Waals surface area contributed by atoms with Crippen molar-refractivity contribution < 1.29 is 14.3 Å². The van der Waals surface area contributed by atoms with Gasteiger partial charge in [0.05, 0.1) is 12.8 Å². The predicted molar refractivity (Wildman–Crippen MR) is 79.3 cm³/mol. The maximum absolute atomic E-state index is 12.1. The summed E-state index contributed by atoms with van der Waals surface area (Å²) in [5.41, 5.74) is -0.0862. The SMILES string of the molecule is CCOc1ccc(/C=N\N2C(=O)N[C@](C)(CC)C2=O)cc1. The second kappa shape index (κ2) is 5.95. The van der Waals surface area contributed by atoms with E-state index >= 15 is 0 Å². The Morgan fingerprint density at radius 2 is 1.95 bits per heavy atom. The average molecular weight is 289 g/mol. The summed E-state index contributed by atoms with van der Waals surface area (Å²) in [5.74, 6) is 0.431. The molecule has 6 heteroatoms. The van der Waals surface area contributed by atoms with Gasteiger partial charge in [-0.05, 0) is 50.1 Å². The van der Waals surface area contributed by atoms with Gasteiger partial charge < -0.3 is 10.1 Å². The van der Waals surface area contributed by atoms with Crippen LogP contribution in [0, 0.1) is 0 Å². The first-order valence-electron chi connectivity index (χ1n) is 6.93. The van der Waals surface area contributed by atoms with E-state index in [0.717, 1.165) is 16.3 Å². The maximum Gasteiger partial charge on any atom is 0.346 e. The number of urea groups is 1. The van der Waals surface area contributed by atoms with E-state index in [1.807, 2.05) is 38.1 Å². The minimum atomic E-state index is -0.868. The number of ether oxygens (including phenoxy) is 1. The maximum atomic E-state index is 12.1. The summed E-state index contributed by atoms with van der Waals surface area (Å²) in [6.07, 6.45) is 2.00. The van der Waals surface area contributed by atoms with Crippen molar-refractivity contribution in [3.63, 3.8) is 0 Å². The van der Waals surface area contributed by atoms with Gasteiger partial charge in [-0.25, -0.2) is 4.79 Å². The van der Waals surface area contributed by atoms with Crippen LogP contribution in [0.5, 0.6) is 5.75 Å². The van der Waals surface area contributed by atoms with Gasteiger partial charge in [-0.1, -0.05) is 6.92 Å². The van der Waals surface area contributed by atoms with Crippen LogP contribution in [0.1, 0.15) is 32.8 Å². The van der Waals surface area contributed by atoms with Gasteiger partial charge in [0, 0.05) is 0 Å². The number of carbonyl (C=O) groups excluding carboxylic acids is 2. The number of hydrogen-bond donors (Lipinski definition) is 1. The molecule has 0 unspecified atom stereocenters. The van der Waals surface area contributed by atoms with Crippen LogP contribution in [0.4, 0.5) is 4.79 Å². The fourth-order valence-electron chi connectivity index (χ4n) is 1.95. The van der Waals surface area contributed by atoms with Gasteiger partial charge in [0.25, 0.3) is 5.91 Å². The van der Waals surface area contributed by atoms with E-state index in [-0.39, 0.29) is 5.91 Å². The van der Waals surface area contributed by atoms with Gasteiger partial charge >= 0.3 is 6.03 Å². The molecule has 2 rings (SSSR count). The Morgan fingerprint density at radius 1 is 1.29 bits per heavy atom. The highest BCUT2D eigenvalue weighted by Gasteiger charge is 2.46.